The van der Waals surface area contributed by atoms with E-state index in [1.807, 2.05) is 0 Å². The fourth-order valence-electron chi connectivity index (χ4n) is 4.85. The van der Waals surface area contributed by atoms with Gasteiger partial charge in [0.1, 0.15) is 51.9 Å². The van der Waals surface area contributed by atoms with Gasteiger partial charge in [-0.3, -0.25) is 9.11 Å². The number of rotatable bonds is 17. The Hall–Kier alpha value is -5.67. The van der Waals surface area contributed by atoms with E-state index in [1.165, 1.54) is 37.4 Å². The number of hydrogen-bond acceptors (Lipinski definition) is 20. The van der Waals surface area contributed by atoms with Crippen molar-refractivity contribution in [3.05, 3.63) is 78.4 Å². The number of phenolic OH excluding ortho intramolecular Hbond substituents is 1. The first-order valence-corrected chi connectivity index (χ1v) is 19.0. The number of benzene rings is 5. The largest absolute Gasteiger partial charge is 0.505 e. The number of fused-ring (bicyclic) bond motifs is 1. The average molecular weight is 846 g/mol. The quantitative estimate of drug-likeness (QED) is 0.00900. The van der Waals surface area contributed by atoms with Crippen LogP contribution in [0.5, 0.6) is 23.0 Å². The molecule has 300 valence electrons. The van der Waals surface area contributed by atoms with Crippen LogP contribution in [0.4, 0.5) is 39.8 Å². The van der Waals surface area contributed by atoms with Crippen molar-refractivity contribution in [1.82, 2.24) is 0 Å². The number of ether oxygens (including phenoxy) is 2. The van der Waals surface area contributed by atoms with Gasteiger partial charge in [0.15, 0.2) is 5.75 Å². The molecule has 0 saturated carbocycles. The summed E-state index contributed by atoms with van der Waals surface area (Å²) >= 11 is -2.13. The third kappa shape index (κ3) is 11.0. The number of aromatic hydroxyl groups is 1. The Morgan fingerprint density at radius 3 is 2.30 bits per heavy atom. The van der Waals surface area contributed by atoms with Crippen molar-refractivity contribution >= 4 is 84.1 Å². The molecule has 0 saturated heterocycles. The molecule has 0 aliphatic carbocycles. The van der Waals surface area contributed by atoms with Crippen LogP contribution in [0.2, 0.25) is 0 Å². The van der Waals surface area contributed by atoms with Crippen LogP contribution in [0.3, 0.4) is 0 Å². The second kappa shape index (κ2) is 19.0. The van der Waals surface area contributed by atoms with Crippen molar-refractivity contribution in [2.24, 2.45) is 30.7 Å². The molecule has 5 aromatic carbocycles. The van der Waals surface area contributed by atoms with E-state index in [1.54, 1.807) is 37.3 Å². The van der Waals surface area contributed by atoms with Crippen LogP contribution in [0.15, 0.2) is 113 Å². The highest BCUT2D eigenvalue weighted by atomic mass is 32.2. The minimum atomic E-state index is -4.73. The molecule has 21 nitrogen and oxygen atoms in total. The number of nitrogens with two attached hydrogens (primary N) is 1. The number of azo groups is 3. The van der Waals surface area contributed by atoms with Crippen LogP contribution < -0.4 is 19.4 Å². The van der Waals surface area contributed by atoms with Gasteiger partial charge in [-0.1, -0.05) is 11.1 Å². The van der Waals surface area contributed by atoms with Gasteiger partial charge < -0.3 is 34.7 Å². The molecule has 0 aliphatic rings. The molecule has 24 heteroatoms. The lowest BCUT2D eigenvalue weighted by Gasteiger charge is -2.14. The second-order valence-electron chi connectivity index (χ2n) is 11.4. The third-order valence-corrected chi connectivity index (χ3v) is 9.35. The molecule has 0 amide bonds. The highest BCUT2D eigenvalue weighted by molar-refractivity contribution is 7.94. The first kappa shape index (κ1) is 42.5. The molecule has 5 rings (SSSR count). The van der Waals surface area contributed by atoms with Gasteiger partial charge in [0.2, 0.25) is 0 Å². The van der Waals surface area contributed by atoms with E-state index in [9.17, 15) is 32.5 Å². The summed E-state index contributed by atoms with van der Waals surface area (Å²) in [4.78, 5) is -0.654. The van der Waals surface area contributed by atoms with Crippen LogP contribution >= 0.6 is 12.0 Å². The first-order valence-electron chi connectivity index (χ1n) is 15.8. The van der Waals surface area contributed by atoms with Gasteiger partial charge in [-0.05, 0) is 66.4 Å². The van der Waals surface area contributed by atoms with E-state index < -0.39 is 44.8 Å². The van der Waals surface area contributed by atoms with Crippen molar-refractivity contribution in [2.75, 3.05) is 26.1 Å². The van der Waals surface area contributed by atoms with E-state index in [-0.39, 0.29) is 62.3 Å². The normalized spacial score (nSPS) is 13.2. The molecule has 8 N–H and O–H groups in total. The summed E-state index contributed by atoms with van der Waals surface area (Å²) in [6, 6.07) is 17.2. The fourth-order valence-corrected chi connectivity index (χ4v) is 6.24. The summed E-state index contributed by atoms with van der Waals surface area (Å²) in [5, 5.41) is 68.4. The zero-order valence-electron chi connectivity index (χ0n) is 29.4. The zero-order valence-corrected chi connectivity index (χ0v) is 31.8. The molecule has 0 aromatic heterocycles. The Morgan fingerprint density at radius 1 is 0.895 bits per heavy atom. The van der Waals surface area contributed by atoms with Crippen LogP contribution in [0.25, 0.3) is 10.8 Å². The number of nitrogens with zero attached hydrogens (tertiary/aromatic N) is 6. The Morgan fingerprint density at radius 2 is 1.61 bits per heavy atom. The maximum absolute atomic E-state index is 11.8. The van der Waals surface area contributed by atoms with Gasteiger partial charge in [-0.15, -0.1) is 19.7 Å². The summed E-state index contributed by atoms with van der Waals surface area (Å²) in [5.41, 5.74) is 7.09. The summed E-state index contributed by atoms with van der Waals surface area (Å²) < 4.78 is 73.6. The molecule has 57 heavy (non-hydrogen) atoms. The lowest BCUT2D eigenvalue weighted by atomic mass is 10.1. The van der Waals surface area contributed by atoms with E-state index >= 15 is 0 Å². The van der Waals surface area contributed by atoms with Gasteiger partial charge in [0, 0.05) is 23.6 Å². The number of aliphatic hydroxyl groups is 2. The summed E-state index contributed by atoms with van der Waals surface area (Å²) in [6.07, 6.45) is -1.27. The first-order chi connectivity index (χ1) is 27.2. The molecule has 0 aliphatic heterocycles. The fraction of sp³-hybridized carbons (Fsp3) is 0.152. The predicted octanol–water partition coefficient (Wildman–Crippen LogP) is 7.61. The van der Waals surface area contributed by atoms with Crippen LogP contribution in [0, 0.1) is 6.92 Å². The molecule has 0 heterocycles. The Kier molecular flexibility index (Phi) is 14.1. The SMILES string of the molecule is COc1cc(N=Nc2cccc(OS(=O)O)c2)ccc1N=Nc1cc(OCC(O)CO)c(N=Nc2c(SOOO)cc3cc(S(=O)(=O)O)c(N)cc3c2O)cc1C. The molecule has 2 atom stereocenters. The number of methoxy groups -OCH3 is 1. The molecule has 0 spiro atoms. The van der Waals surface area contributed by atoms with Crippen molar-refractivity contribution < 1.29 is 65.3 Å². The minimum absolute atomic E-state index is 0.0136. The smallest absolute Gasteiger partial charge is 0.357 e. The van der Waals surface area contributed by atoms with E-state index in [0.29, 0.717) is 34.7 Å². The minimum Gasteiger partial charge on any atom is -0.505 e. The van der Waals surface area contributed by atoms with Gasteiger partial charge >= 0.3 is 11.4 Å². The maximum atomic E-state index is 11.8. The van der Waals surface area contributed by atoms with Crippen LogP contribution in [-0.4, -0.2) is 68.7 Å². The highest BCUT2D eigenvalue weighted by Crippen LogP contribution is 2.46. The van der Waals surface area contributed by atoms with Crippen molar-refractivity contribution in [3.8, 4) is 23.0 Å². The van der Waals surface area contributed by atoms with E-state index in [4.69, 9.17) is 29.2 Å². The van der Waals surface area contributed by atoms with Crippen molar-refractivity contribution in [2.45, 2.75) is 22.8 Å². The number of aryl methyl sites for hydroxylation is 1. The predicted molar refractivity (Wildman–Crippen MR) is 204 cm³/mol. The van der Waals surface area contributed by atoms with E-state index in [0.717, 1.165) is 12.1 Å². The Bertz CT molecular complexity index is 2510. The topological polar surface area (TPSA) is 319 Å². The number of anilines is 1. The summed E-state index contributed by atoms with van der Waals surface area (Å²) in [5.74, 6) is -0.130. The lowest BCUT2D eigenvalue weighted by Crippen LogP contribution is -2.21. The molecule has 5 aromatic rings. The summed E-state index contributed by atoms with van der Waals surface area (Å²) in [7, 11) is -3.32. The van der Waals surface area contributed by atoms with Gasteiger partial charge in [0.05, 0.1) is 53.4 Å². The maximum Gasteiger partial charge on any atom is 0.357 e. The van der Waals surface area contributed by atoms with Crippen molar-refractivity contribution in [1.29, 1.82) is 0 Å². The van der Waals surface area contributed by atoms with Crippen LogP contribution in [-0.2, 0) is 30.9 Å². The second-order valence-corrected chi connectivity index (χ2v) is 14.1. The molecule has 2 unspecified atom stereocenters. The Balaban J connectivity index is 1.48. The van der Waals surface area contributed by atoms with Gasteiger partial charge in [0.25, 0.3) is 10.1 Å². The molecule has 0 radical (unpaired) electrons. The highest BCUT2D eigenvalue weighted by Gasteiger charge is 2.21. The van der Waals surface area contributed by atoms with Crippen molar-refractivity contribution in [3.63, 3.8) is 0 Å². The molecular formula is C33H31N7O14S3. The number of hydrogen-bond donors (Lipinski definition) is 7. The van der Waals surface area contributed by atoms with Gasteiger partial charge in [-0.25, -0.2) is 5.26 Å². The molecule has 0 bridgehead atoms. The number of phenols is 1. The molecular weight excluding hydrogens is 815 g/mol. The van der Waals surface area contributed by atoms with E-state index in [2.05, 4.69) is 40.1 Å². The monoisotopic (exact) mass is 845 g/mol. The average Bonchev–Trinajstić information content (AvgIpc) is 3.17. The zero-order chi connectivity index (χ0) is 41.3. The van der Waals surface area contributed by atoms with Gasteiger partial charge in [-0.2, -0.15) is 28.0 Å². The lowest BCUT2D eigenvalue weighted by molar-refractivity contribution is -0.432. The molecule has 0 fully saturated rings. The van der Waals surface area contributed by atoms with Crippen LogP contribution in [0.1, 0.15) is 5.56 Å². The summed E-state index contributed by atoms with van der Waals surface area (Å²) in [6.45, 7) is 0.688. The third-order valence-electron chi connectivity index (χ3n) is 7.49. The number of nitrogen functional groups attached to an aromatic ring is 1. The standard InChI is InChI=1S/C33H31N7O14S3/c1-17-8-27(39-40-32-30(55-54-53-44)9-18-10-31(57(47,48)49)24(34)13-23(18)33(32)43)29(51-16-21(42)15-41)14-26(17)38-37-25-7-6-20(12-28(25)50-2)36-35-19-4-3-5-22(11-19)52-56(45)46/h3-14,21,41-44H,15-16,34H2,1-2H3,(H,45,46)(H,47,48,49). The number of aliphatic hydroxyl groups excluding tert-OH is 2. The Labute approximate surface area is 329 Å².